The summed E-state index contributed by atoms with van der Waals surface area (Å²) < 4.78 is 25.2. The van der Waals surface area contributed by atoms with Gasteiger partial charge in [0.1, 0.15) is 0 Å². The Kier molecular flexibility index (Phi) is 6.47. The van der Waals surface area contributed by atoms with E-state index < -0.39 is 10.0 Å². The highest BCUT2D eigenvalue weighted by Crippen LogP contribution is 2.09. The highest BCUT2D eigenvalue weighted by molar-refractivity contribution is 7.89. The molecule has 0 aromatic heterocycles. The Morgan fingerprint density at radius 1 is 1.32 bits per heavy atom. The van der Waals surface area contributed by atoms with E-state index in [-0.39, 0.29) is 18.2 Å². The van der Waals surface area contributed by atoms with Crippen molar-refractivity contribution >= 4 is 15.9 Å². The van der Waals surface area contributed by atoms with Gasteiger partial charge in [0.2, 0.25) is 15.9 Å². The van der Waals surface area contributed by atoms with Crippen molar-refractivity contribution in [2.75, 3.05) is 45.0 Å². The summed E-state index contributed by atoms with van der Waals surface area (Å²) in [7, 11) is -3.14. The zero-order valence-corrected chi connectivity index (χ0v) is 12.3. The van der Waals surface area contributed by atoms with Crippen molar-refractivity contribution in [2.24, 2.45) is 0 Å². The molecule has 1 heterocycles. The molecule has 0 radical (unpaired) electrons. The number of amides is 1. The van der Waals surface area contributed by atoms with Gasteiger partial charge in [-0.1, -0.05) is 13.0 Å². The minimum Gasteiger partial charge on any atom is -0.339 e. The molecule has 0 atom stereocenters. The topological polar surface area (TPSA) is 69.7 Å². The highest BCUT2D eigenvalue weighted by Gasteiger charge is 2.27. The van der Waals surface area contributed by atoms with Crippen LogP contribution in [0.2, 0.25) is 0 Å². The van der Waals surface area contributed by atoms with Crippen LogP contribution in [0.3, 0.4) is 0 Å². The van der Waals surface area contributed by atoms with Crippen LogP contribution in [-0.4, -0.2) is 68.6 Å². The lowest BCUT2D eigenvalue weighted by Gasteiger charge is -2.34. The Labute approximate surface area is 115 Å². The zero-order valence-electron chi connectivity index (χ0n) is 11.5. The fourth-order valence-corrected chi connectivity index (χ4v) is 3.49. The molecule has 110 valence electrons. The first-order valence-corrected chi connectivity index (χ1v) is 8.19. The molecule has 19 heavy (non-hydrogen) atoms. The highest BCUT2D eigenvalue weighted by atomic mass is 32.2. The van der Waals surface area contributed by atoms with Gasteiger partial charge in [0, 0.05) is 32.7 Å². The Morgan fingerprint density at radius 3 is 2.47 bits per heavy atom. The largest absolute Gasteiger partial charge is 0.339 e. The Balaban J connectivity index is 2.40. The van der Waals surface area contributed by atoms with E-state index in [4.69, 9.17) is 0 Å². The number of carbonyl (C=O) groups is 1. The van der Waals surface area contributed by atoms with Gasteiger partial charge in [-0.2, -0.15) is 4.31 Å². The van der Waals surface area contributed by atoms with E-state index in [0.29, 0.717) is 39.1 Å². The second kappa shape index (κ2) is 7.62. The maximum atomic E-state index is 11.9. The lowest BCUT2D eigenvalue weighted by Crippen LogP contribution is -2.52. The van der Waals surface area contributed by atoms with Crippen molar-refractivity contribution in [3.8, 4) is 0 Å². The van der Waals surface area contributed by atoms with Gasteiger partial charge >= 0.3 is 0 Å². The summed E-state index contributed by atoms with van der Waals surface area (Å²) in [5.74, 6) is 0.191. The summed E-state index contributed by atoms with van der Waals surface area (Å²) in [6.07, 6.45) is 2.31. The van der Waals surface area contributed by atoms with Crippen LogP contribution in [0.25, 0.3) is 0 Å². The van der Waals surface area contributed by atoms with Crippen molar-refractivity contribution in [3.05, 3.63) is 12.7 Å². The minimum absolute atomic E-state index is 0.00869. The molecule has 1 N–H and O–H groups in total. The van der Waals surface area contributed by atoms with E-state index in [0.717, 1.165) is 0 Å². The number of piperazine rings is 1. The first kappa shape index (κ1) is 16.1. The van der Waals surface area contributed by atoms with Crippen LogP contribution in [0.1, 0.15) is 13.3 Å². The second-order valence-corrected chi connectivity index (χ2v) is 6.60. The van der Waals surface area contributed by atoms with Gasteiger partial charge in [-0.05, 0) is 6.42 Å². The van der Waals surface area contributed by atoms with Crippen molar-refractivity contribution in [2.45, 2.75) is 13.3 Å². The molecule has 0 spiro atoms. The molecule has 6 nitrogen and oxygen atoms in total. The van der Waals surface area contributed by atoms with Crippen molar-refractivity contribution < 1.29 is 13.2 Å². The van der Waals surface area contributed by atoms with Crippen LogP contribution in [0.4, 0.5) is 0 Å². The average Bonchev–Trinajstić information content (AvgIpc) is 2.39. The third kappa shape index (κ3) is 4.93. The van der Waals surface area contributed by atoms with Gasteiger partial charge in [-0.3, -0.25) is 4.79 Å². The zero-order chi connectivity index (χ0) is 14.3. The van der Waals surface area contributed by atoms with Crippen molar-refractivity contribution in [1.82, 2.24) is 14.5 Å². The number of sulfonamides is 1. The van der Waals surface area contributed by atoms with E-state index in [1.807, 2.05) is 6.92 Å². The maximum absolute atomic E-state index is 11.9. The minimum atomic E-state index is -3.14. The number of carbonyl (C=O) groups excluding carboxylic acids is 1. The number of hydrogen-bond acceptors (Lipinski definition) is 4. The van der Waals surface area contributed by atoms with Gasteiger partial charge in [-0.15, -0.1) is 6.58 Å². The van der Waals surface area contributed by atoms with Crippen molar-refractivity contribution in [1.29, 1.82) is 0 Å². The van der Waals surface area contributed by atoms with Gasteiger partial charge in [0.25, 0.3) is 0 Å². The molecule has 1 fully saturated rings. The normalized spacial score (nSPS) is 17.4. The van der Waals surface area contributed by atoms with Crippen LogP contribution in [0, 0.1) is 0 Å². The summed E-state index contributed by atoms with van der Waals surface area (Å²) in [6, 6.07) is 0. The first-order valence-electron chi connectivity index (χ1n) is 6.58. The lowest BCUT2D eigenvalue weighted by atomic mass is 10.3. The summed E-state index contributed by atoms with van der Waals surface area (Å²) in [4.78, 5) is 13.5. The fraction of sp³-hybridized carbons (Fsp3) is 0.750. The molecular formula is C12H23N3O3S. The molecule has 1 saturated heterocycles. The van der Waals surface area contributed by atoms with Crippen LogP contribution >= 0.6 is 0 Å². The third-order valence-corrected chi connectivity index (χ3v) is 5.09. The van der Waals surface area contributed by atoms with Gasteiger partial charge in [-0.25, -0.2) is 8.42 Å². The molecule has 0 saturated carbocycles. The molecule has 0 aliphatic carbocycles. The van der Waals surface area contributed by atoms with Gasteiger partial charge in [0.05, 0.1) is 12.3 Å². The number of rotatable bonds is 7. The van der Waals surface area contributed by atoms with Crippen molar-refractivity contribution in [3.63, 3.8) is 0 Å². The fourth-order valence-electron chi connectivity index (χ4n) is 2.00. The van der Waals surface area contributed by atoms with E-state index in [2.05, 4.69) is 11.9 Å². The van der Waals surface area contributed by atoms with Gasteiger partial charge in [0.15, 0.2) is 0 Å². The number of nitrogens with zero attached hydrogens (tertiary/aromatic N) is 2. The quantitative estimate of drug-likeness (QED) is 0.513. The summed E-state index contributed by atoms with van der Waals surface area (Å²) in [6.45, 7) is 8.02. The molecule has 0 aromatic rings. The SMILES string of the molecule is C=CCNCC(=O)N1CCN(S(=O)(=O)CCC)CC1. The second-order valence-electron chi connectivity index (χ2n) is 4.52. The smallest absolute Gasteiger partial charge is 0.236 e. The van der Waals surface area contributed by atoms with E-state index in [1.165, 1.54) is 4.31 Å². The molecular weight excluding hydrogens is 266 g/mol. The third-order valence-electron chi connectivity index (χ3n) is 3.01. The van der Waals surface area contributed by atoms with Crippen LogP contribution < -0.4 is 5.32 Å². The van der Waals surface area contributed by atoms with E-state index in [1.54, 1.807) is 11.0 Å². The molecule has 0 aromatic carbocycles. The number of hydrogen-bond donors (Lipinski definition) is 1. The Morgan fingerprint density at radius 2 is 1.95 bits per heavy atom. The predicted molar refractivity (Wildman–Crippen MR) is 75.3 cm³/mol. The first-order chi connectivity index (χ1) is 9.01. The Bertz CT molecular complexity index is 400. The molecule has 1 rings (SSSR count). The standard InChI is InChI=1S/C12H23N3O3S/c1-3-5-13-11-12(16)14-6-8-15(9-7-14)19(17,18)10-4-2/h3,13H,1,4-11H2,2H3. The maximum Gasteiger partial charge on any atom is 0.236 e. The molecule has 1 amide bonds. The Hall–Kier alpha value is -0.920. The lowest BCUT2D eigenvalue weighted by molar-refractivity contribution is -0.131. The summed E-state index contributed by atoms with van der Waals surface area (Å²) >= 11 is 0. The van der Waals surface area contributed by atoms with Crippen LogP contribution in [0.15, 0.2) is 12.7 Å². The molecule has 7 heteroatoms. The molecule has 0 bridgehead atoms. The molecule has 1 aliphatic heterocycles. The summed E-state index contributed by atoms with van der Waals surface area (Å²) in [5.41, 5.74) is 0. The predicted octanol–water partition coefficient (Wildman–Crippen LogP) is -0.354. The average molecular weight is 289 g/mol. The molecule has 1 aliphatic rings. The van der Waals surface area contributed by atoms with Crippen LogP contribution in [0.5, 0.6) is 0 Å². The summed E-state index contributed by atoms with van der Waals surface area (Å²) in [5, 5.41) is 2.95. The monoisotopic (exact) mass is 289 g/mol. The molecule has 0 unspecified atom stereocenters. The van der Waals surface area contributed by atoms with Gasteiger partial charge < -0.3 is 10.2 Å². The van der Waals surface area contributed by atoms with E-state index in [9.17, 15) is 13.2 Å². The van der Waals surface area contributed by atoms with Crippen LogP contribution in [-0.2, 0) is 14.8 Å². The van der Waals surface area contributed by atoms with E-state index >= 15 is 0 Å². The number of nitrogens with one attached hydrogen (secondary N) is 1.